The molecule has 0 bridgehead atoms. The van der Waals surface area contributed by atoms with Gasteiger partial charge < -0.3 is 10.5 Å². The van der Waals surface area contributed by atoms with E-state index in [-0.39, 0.29) is 18.0 Å². The van der Waals surface area contributed by atoms with Crippen LogP contribution in [0.1, 0.15) is 12.5 Å². The van der Waals surface area contributed by atoms with Gasteiger partial charge in [-0.25, -0.2) is 4.39 Å². The largest absolute Gasteiger partial charge is 0.494 e. The van der Waals surface area contributed by atoms with Crippen LogP contribution < -0.4 is 10.5 Å². The first kappa shape index (κ1) is 11.7. The lowest BCUT2D eigenvalue weighted by atomic mass is 10.1. The van der Waals surface area contributed by atoms with Crippen molar-refractivity contribution in [1.82, 2.24) is 0 Å². The fourth-order valence-electron chi connectivity index (χ4n) is 1.18. The molecule has 1 aromatic rings. The van der Waals surface area contributed by atoms with Crippen LogP contribution in [0.5, 0.6) is 5.75 Å². The average molecular weight is 211 g/mol. The van der Waals surface area contributed by atoms with Crippen LogP contribution in [0.25, 0.3) is 0 Å². The zero-order chi connectivity index (χ0) is 11.4. The molecule has 2 N–H and O–H groups in total. The minimum atomic E-state index is -0.518. The van der Waals surface area contributed by atoms with Crippen molar-refractivity contribution >= 4 is 5.78 Å². The van der Waals surface area contributed by atoms with E-state index in [1.54, 1.807) is 13.0 Å². The van der Waals surface area contributed by atoms with Gasteiger partial charge in [0.1, 0.15) is 0 Å². The molecule has 1 aromatic carbocycles. The number of nitrogens with two attached hydrogens (primary N) is 1. The highest BCUT2D eigenvalue weighted by Gasteiger charge is 2.10. The van der Waals surface area contributed by atoms with Crippen LogP contribution in [-0.4, -0.2) is 18.9 Å². The van der Waals surface area contributed by atoms with Crippen LogP contribution in [0.2, 0.25) is 0 Å². The number of methoxy groups -OCH3 is 1. The van der Waals surface area contributed by atoms with Crippen molar-refractivity contribution in [2.45, 2.75) is 19.4 Å². The van der Waals surface area contributed by atoms with Gasteiger partial charge in [-0.2, -0.15) is 0 Å². The second-order valence-corrected chi connectivity index (χ2v) is 3.40. The lowest BCUT2D eigenvalue weighted by Gasteiger charge is -2.06. The highest BCUT2D eigenvalue weighted by molar-refractivity contribution is 5.85. The van der Waals surface area contributed by atoms with Gasteiger partial charge in [-0.1, -0.05) is 6.07 Å². The quantitative estimate of drug-likeness (QED) is 0.816. The summed E-state index contributed by atoms with van der Waals surface area (Å²) in [6.07, 6.45) is 0.151. The average Bonchev–Trinajstić information content (AvgIpc) is 2.18. The van der Waals surface area contributed by atoms with Gasteiger partial charge in [-0.3, -0.25) is 4.79 Å². The van der Waals surface area contributed by atoms with E-state index in [0.29, 0.717) is 5.56 Å². The number of hydrogen-bond acceptors (Lipinski definition) is 3. The molecule has 1 rings (SSSR count). The van der Waals surface area contributed by atoms with Crippen molar-refractivity contribution in [2.75, 3.05) is 7.11 Å². The van der Waals surface area contributed by atoms with Gasteiger partial charge in [0.25, 0.3) is 0 Å². The Kier molecular flexibility index (Phi) is 3.80. The molecule has 0 aliphatic rings. The number of rotatable bonds is 4. The van der Waals surface area contributed by atoms with Gasteiger partial charge in [0.05, 0.1) is 13.2 Å². The summed E-state index contributed by atoms with van der Waals surface area (Å²) < 4.78 is 18.0. The molecular weight excluding hydrogens is 197 g/mol. The summed E-state index contributed by atoms with van der Waals surface area (Å²) in [5, 5.41) is 0. The number of carbonyl (C=O) groups is 1. The summed E-state index contributed by atoms with van der Waals surface area (Å²) >= 11 is 0. The molecule has 0 amide bonds. The normalized spacial score (nSPS) is 12.3. The van der Waals surface area contributed by atoms with E-state index in [1.165, 1.54) is 19.2 Å². The third-order valence-electron chi connectivity index (χ3n) is 2.10. The fraction of sp³-hybridized carbons (Fsp3) is 0.364. The molecule has 0 spiro atoms. The number of benzene rings is 1. The maximum absolute atomic E-state index is 13.2. The first-order chi connectivity index (χ1) is 7.04. The van der Waals surface area contributed by atoms with E-state index < -0.39 is 11.9 Å². The van der Waals surface area contributed by atoms with Crippen LogP contribution >= 0.6 is 0 Å². The highest BCUT2D eigenvalue weighted by atomic mass is 19.1. The lowest BCUT2D eigenvalue weighted by molar-refractivity contribution is -0.119. The maximum Gasteiger partial charge on any atom is 0.165 e. The third kappa shape index (κ3) is 3.02. The maximum atomic E-state index is 13.2. The molecule has 0 aliphatic carbocycles. The topological polar surface area (TPSA) is 52.3 Å². The summed E-state index contributed by atoms with van der Waals surface area (Å²) in [5.74, 6) is -0.404. The standard InChI is InChI=1S/C11H14FNO2/c1-7(13)10(14)6-8-3-4-11(15-2)9(12)5-8/h3-5,7H,6,13H2,1-2H3. The van der Waals surface area contributed by atoms with Crippen molar-refractivity contribution in [3.05, 3.63) is 29.6 Å². The molecule has 82 valence electrons. The number of carbonyl (C=O) groups excluding carboxylic acids is 1. The first-order valence-corrected chi connectivity index (χ1v) is 4.65. The molecule has 4 heteroatoms. The van der Waals surface area contributed by atoms with Gasteiger partial charge >= 0.3 is 0 Å². The zero-order valence-corrected chi connectivity index (χ0v) is 8.79. The van der Waals surface area contributed by atoms with Crippen LogP contribution in [-0.2, 0) is 11.2 Å². The zero-order valence-electron chi connectivity index (χ0n) is 8.79. The van der Waals surface area contributed by atoms with Gasteiger partial charge in [-0.15, -0.1) is 0 Å². The highest BCUT2D eigenvalue weighted by Crippen LogP contribution is 2.18. The van der Waals surface area contributed by atoms with Crippen molar-refractivity contribution in [3.63, 3.8) is 0 Å². The molecule has 0 saturated heterocycles. The molecule has 0 heterocycles. The number of ketones is 1. The number of ether oxygens (including phenoxy) is 1. The first-order valence-electron chi connectivity index (χ1n) is 4.65. The summed E-state index contributed by atoms with van der Waals surface area (Å²) in [7, 11) is 1.39. The minimum Gasteiger partial charge on any atom is -0.494 e. The molecule has 15 heavy (non-hydrogen) atoms. The molecule has 1 atom stereocenters. The molecule has 1 unspecified atom stereocenters. The Morgan fingerprint density at radius 3 is 2.73 bits per heavy atom. The molecule has 0 radical (unpaired) electrons. The number of halogens is 1. The van der Waals surface area contributed by atoms with E-state index in [4.69, 9.17) is 10.5 Å². The van der Waals surface area contributed by atoms with Crippen LogP contribution in [0, 0.1) is 5.82 Å². The molecule has 3 nitrogen and oxygen atoms in total. The smallest absolute Gasteiger partial charge is 0.165 e. The monoisotopic (exact) mass is 211 g/mol. The molecule has 0 aliphatic heterocycles. The molecule has 0 fully saturated rings. The van der Waals surface area contributed by atoms with E-state index in [0.717, 1.165) is 0 Å². The lowest BCUT2D eigenvalue weighted by Crippen LogP contribution is -2.28. The minimum absolute atomic E-state index is 0.112. The third-order valence-corrected chi connectivity index (χ3v) is 2.10. The second kappa shape index (κ2) is 4.89. The predicted molar refractivity (Wildman–Crippen MR) is 55.3 cm³/mol. The fourth-order valence-corrected chi connectivity index (χ4v) is 1.18. The summed E-state index contributed by atoms with van der Waals surface area (Å²) in [6, 6.07) is 3.93. The van der Waals surface area contributed by atoms with Crippen molar-refractivity contribution in [2.24, 2.45) is 5.73 Å². The van der Waals surface area contributed by atoms with Crippen molar-refractivity contribution < 1.29 is 13.9 Å². The Hall–Kier alpha value is -1.42. The Bertz CT molecular complexity index is 364. The van der Waals surface area contributed by atoms with Crippen molar-refractivity contribution in [1.29, 1.82) is 0 Å². The predicted octanol–water partition coefficient (Wildman–Crippen LogP) is 1.29. The van der Waals surface area contributed by atoms with Crippen LogP contribution in [0.4, 0.5) is 4.39 Å². The van der Waals surface area contributed by atoms with E-state index >= 15 is 0 Å². The van der Waals surface area contributed by atoms with Gasteiger partial charge in [-0.05, 0) is 24.6 Å². The second-order valence-electron chi connectivity index (χ2n) is 3.40. The molecular formula is C11H14FNO2. The van der Waals surface area contributed by atoms with Crippen LogP contribution in [0.3, 0.4) is 0 Å². The Balaban J connectivity index is 2.80. The Morgan fingerprint density at radius 2 is 2.27 bits per heavy atom. The van der Waals surface area contributed by atoms with Crippen LogP contribution in [0.15, 0.2) is 18.2 Å². The molecule has 0 saturated carbocycles. The molecule has 0 aromatic heterocycles. The van der Waals surface area contributed by atoms with E-state index in [2.05, 4.69) is 0 Å². The Labute approximate surface area is 88.0 Å². The Morgan fingerprint density at radius 1 is 1.60 bits per heavy atom. The number of Topliss-reactive ketones (excluding diaryl/α,β-unsaturated/α-hetero) is 1. The van der Waals surface area contributed by atoms with E-state index in [9.17, 15) is 9.18 Å². The number of hydrogen-bond donors (Lipinski definition) is 1. The summed E-state index contributed by atoms with van der Waals surface area (Å²) in [6.45, 7) is 1.61. The summed E-state index contributed by atoms with van der Waals surface area (Å²) in [5.41, 5.74) is 6.02. The van der Waals surface area contributed by atoms with E-state index in [1.807, 2.05) is 0 Å². The van der Waals surface area contributed by atoms with Crippen molar-refractivity contribution in [3.8, 4) is 5.75 Å². The van der Waals surface area contributed by atoms with Gasteiger partial charge in [0.2, 0.25) is 0 Å². The van der Waals surface area contributed by atoms with Gasteiger partial charge in [0.15, 0.2) is 17.3 Å². The summed E-state index contributed by atoms with van der Waals surface area (Å²) in [4.78, 5) is 11.3. The van der Waals surface area contributed by atoms with Gasteiger partial charge in [0, 0.05) is 6.42 Å². The SMILES string of the molecule is COc1ccc(CC(=O)C(C)N)cc1F.